The average molecular weight is 239 g/mol. The minimum Gasteiger partial charge on any atom is -0.490 e. The standard InChI is InChI=1S/C12H17NO4/c1-7-9(5-16-8(2)14)17-6-10-12(3,4)11(15)13(7)10/h10H,5-6H2,1-4H3. The Hall–Kier alpha value is -1.52. The Morgan fingerprint density at radius 1 is 1.59 bits per heavy atom. The maximum Gasteiger partial charge on any atom is 0.303 e. The molecule has 2 heterocycles. The minimum absolute atomic E-state index is 0.0936. The van der Waals surface area contributed by atoms with Gasteiger partial charge in [0, 0.05) is 6.92 Å². The summed E-state index contributed by atoms with van der Waals surface area (Å²) in [6, 6.07) is 0.0936. The summed E-state index contributed by atoms with van der Waals surface area (Å²) in [6.45, 7) is 7.57. The fourth-order valence-electron chi connectivity index (χ4n) is 2.25. The van der Waals surface area contributed by atoms with Gasteiger partial charge >= 0.3 is 5.97 Å². The number of carbonyl (C=O) groups excluding carboxylic acids is 2. The number of amides is 1. The van der Waals surface area contributed by atoms with Gasteiger partial charge < -0.3 is 14.4 Å². The lowest BCUT2D eigenvalue weighted by Gasteiger charge is -2.55. The van der Waals surface area contributed by atoms with Gasteiger partial charge in [0.2, 0.25) is 5.91 Å². The van der Waals surface area contributed by atoms with Crippen LogP contribution in [0.1, 0.15) is 27.7 Å². The van der Waals surface area contributed by atoms with E-state index in [1.165, 1.54) is 6.92 Å². The van der Waals surface area contributed by atoms with Crippen LogP contribution in [0, 0.1) is 5.41 Å². The number of fused-ring (bicyclic) bond motifs is 1. The SMILES string of the molecule is CC(=O)OCC1=C(C)N2C(=O)C(C)(C)C2CO1. The van der Waals surface area contributed by atoms with Crippen molar-refractivity contribution >= 4 is 11.9 Å². The van der Waals surface area contributed by atoms with E-state index in [9.17, 15) is 9.59 Å². The van der Waals surface area contributed by atoms with Crippen LogP contribution in [0.5, 0.6) is 0 Å². The predicted molar refractivity (Wildman–Crippen MR) is 59.7 cm³/mol. The predicted octanol–water partition coefficient (Wildman–Crippen LogP) is 1.05. The second-order valence-electron chi connectivity index (χ2n) is 5.01. The average Bonchev–Trinajstić information content (AvgIpc) is 2.26. The maximum absolute atomic E-state index is 11.9. The van der Waals surface area contributed by atoms with Crippen LogP contribution in [-0.4, -0.2) is 36.0 Å². The van der Waals surface area contributed by atoms with Crippen molar-refractivity contribution < 1.29 is 19.1 Å². The monoisotopic (exact) mass is 239 g/mol. The smallest absolute Gasteiger partial charge is 0.303 e. The number of nitrogens with zero attached hydrogens (tertiary/aromatic N) is 1. The first-order valence-corrected chi connectivity index (χ1v) is 5.65. The second-order valence-corrected chi connectivity index (χ2v) is 5.01. The van der Waals surface area contributed by atoms with Crippen LogP contribution in [-0.2, 0) is 19.1 Å². The highest BCUT2D eigenvalue weighted by Gasteiger charge is 2.57. The van der Waals surface area contributed by atoms with Gasteiger partial charge in [-0.1, -0.05) is 0 Å². The lowest BCUT2D eigenvalue weighted by atomic mass is 9.73. The topological polar surface area (TPSA) is 55.8 Å². The molecule has 1 fully saturated rings. The van der Waals surface area contributed by atoms with E-state index < -0.39 is 0 Å². The van der Waals surface area contributed by atoms with Crippen molar-refractivity contribution in [3.8, 4) is 0 Å². The van der Waals surface area contributed by atoms with Crippen LogP contribution in [0.15, 0.2) is 11.5 Å². The third-order valence-corrected chi connectivity index (χ3v) is 3.50. The molecule has 1 saturated heterocycles. The van der Waals surface area contributed by atoms with E-state index >= 15 is 0 Å². The van der Waals surface area contributed by atoms with Crippen molar-refractivity contribution in [2.75, 3.05) is 13.2 Å². The van der Waals surface area contributed by atoms with Gasteiger partial charge in [-0.2, -0.15) is 0 Å². The van der Waals surface area contributed by atoms with E-state index in [2.05, 4.69) is 0 Å². The third-order valence-electron chi connectivity index (χ3n) is 3.50. The Morgan fingerprint density at radius 3 is 2.82 bits per heavy atom. The maximum atomic E-state index is 11.9. The molecule has 0 saturated carbocycles. The molecule has 1 unspecified atom stereocenters. The van der Waals surface area contributed by atoms with Crippen molar-refractivity contribution in [3.05, 3.63) is 11.5 Å². The number of carbonyl (C=O) groups is 2. The summed E-state index contributed by atoms with van der Waals surface area (Å²) in [6.07, 6.45) is 0. The molecule has 2 rings (SSSR count). The molecule has 0 spiro atoms. The number of rotatable bonds is 2. The van der Waals surface area contributed by atoms with E-state index in [1.807, 2.05) is 20.8 Å². The van der Waals surface area contributed by atoms with Gasteiger partial charge in [0.15, 0.2) is 12.4 Å². The van der Waals surface area contributed by atoms with Crippen molar-refractivity contribution in [1.82, 2.24) is 4.90 Å². The molecule has 2 aliphatic heterocycles. The lowest BCUT2D eigenvalue weighted by Crippen LogP contribution is -2.68. The molecule has 17 heavy (non-hydrogen) atoms. The molecule has 5 heteroatoms. The Morgan fingerprint density at radius 2 is 2.24 bits per heavy atom. The molecule has 0 aromatic carbocycles. The van der Waals surface area contributed by atoms with Crippen LogP contribution < -0.4 is 0 Å². The molecule has 0 aromatic heterocycles. The first-order chi connectivity index (χ1) is 7.85. The molecule has 0 radical (unpaired) electrons. The van der Waals surface area contributed by atoms with Gasteiger partial charge in [0.25, 0.3) is 0 Å². The summed E-state index contributed by atoms with van der Waals surface area (Å²) < 4.78 is 10.5. The Kier molecular flexibility index (Phi) is 2.64. The summed E-state index contributed by atoms with van der Waals surface area (Å²) in [5.74, 6) is 0.315. The highest BCUT2D eigenvalue weighted by Crippen LogP contribution is 2.44. The zero-order valence-electron chi connectivity index (χ0n) is 10.6. The molecule has 5 nitrogen and oxygen atoms in total. The third kappa shape index (κ3) is 1.69. The van der Waals surface area contributed by atoms with Crippen LogP contribution >= 0.6 is 0 Å². The molecule has 0 aromatic rings. The summed E-state index contributed by atoms with van der Waals surface area (Å²) in [7, 11) is 0. The normalized spacial score (nSPS) is 26.0. The fraction of sp³-hybridized carbons (Fsp3) is 0.667. The van der Waals surface area contributed by atoms with Crippen molar-refractivity contribution in [2.24, 2.45) is 5.41 Å². The van der Waals surface area contributed by atoms with E-state index in [-0.39, 0.29) is 29.9 Å². The number of ether oxygens (including phenoxy) is 2. The van der Waals surface area contributed by atoms with Gasteiger partial charge in [0.1, 0.15) is 6.61 Å². The quantitative estimate of drug-likeness (QED) is 0.534. The second kappa shape index (κ2) is 3.75. The zero-order chi connectivity index (χ0) is 12.8. The van der Waals surface area contributed by atoms with Crippen LogP contribution in [0.2, 0.25) is 0 Å². The summed E-state index contributed by atoms with van der Waals surface area (Å²) in [5.41, 5.74) is 0.403. The van der Waals surface area contributed by atoms with Gasteiger partial charge in [0.05, 0.1) is 17.2 Å². The molecule has 2 aliphatic rings. The number of β-lactam (4-membered cyclic amide) rings is 1. The molecule has 1 amide bonds. The summed E-state index contributed by atoms with van der Waals surface area (Å²) in [4.78, 5) is 24.4. The van der Waals surface area contributed by atoms with Crippen molar-refractivity contribution in [3.63, 3.8) is 0 Å². The first-order valence-electron chi connectivity index (χ1n) is 5.65. The van der Waals surface area contributed by atoms with Gasteiger partial charge in [-0.05, 0) is 20.8 Å². The number of hydrogen-bond acceptors (Lipinski definition) is 4. The molecule has 1 atom stereocenters. The summed E-state index contributed by atoms with van der Waals surface area (Å²) in [5, 5.41) is 0. The Bertz CT molecular complexity index is 411. The number of hydrogen-bond donors (Lipinski definition) is 0. The highest BCUT2D eigenvalue weighted by molar-refractivity contribution is 5.91. The van der Waals surface area contributed by atoms with Gasteiger partial charge in [-0.3, -0.25) is 9.59 Å². The van der Waals surface area contributed by atoms with E-state index in [1.54, 1.807) is 4.90 Å². The van der Waals surface area contributed by atoms with E-state index in [0.717, 1.165) is 5.70 Å². The minimum atomic E-state index is -0.355. The number of esters is 1. The largest absolute Gasteiger partial charge is 0.490 e. The highest BCUT2D eigenvalue weighted by atomic mass is 16.6. The molecule has 0 aliphatic carbocycles. The molecule has 0 N–H and O–H groups in total. The summed E-state index contributed by atoms with van der Waals surface area (Å²) >= 11 is 0. The number of allylic oxidation sites excluding steroid dienone is 1. The van der Waals surface area contributed by atoms with Crippen LogP contribution in [0.25, 0.3) is 0 Å². The Labute approximate surface area is 100 Å². The van der Waals surface area contributed by atoms with E-state index in [4.69, 9.17) is 9.47 Å². The lowest BCUT2D eigenvalue weighted by molar-refractivity contribution is -0.172. The fourth-order valence-corrected chi connectivity index (χ4v) is 2.25. The molecule has 94 valence electrons. The molecule has 0 bridgehead atoms. The van der Waals surface area contributed by atoms with E-state index in [0.29, 0.717) is 12.4 Å². The Balaban J connectivity index is 2.14. The first kappa shape index (κ1) is 12.0. The van der Waals surface area contributed by atoms with Crippen LogP contribution in [0.4, 0.5) is 0 Å². The van der Waals surface area contributed by atoms with Gasteiger partial charge in [-0.25, -0.2) is 0 Å². The van der Waals surface area contributed by atoms with Crippen molar-refractivity contribution in [2.45, 2.75) is 33.7 Å². The van der Waals surface area contributed by atoms with Gasteiger partial charge in [-0.15, -0.1) is 0 Å². The van der Waals surface area contributed by atoms with Crippen molar-refractivity contribution in [1.29, 1.82) is 0 Å². The zero-order valence-corrected chi connectivity index (χ0v) is 10.6. The van der Waals surface area contributed by atoms with Crippen LogP contribution in [0.3, 0.4) is 0 Å². The molecular weight excluding hydrogens is 222 g/mol. The molecular formula is C12H17NO4.